The van der Waals surface area contributed by atoms with E-state index in [9.17, 15) is 9.59 Å². The standard InChI is InChI=1S/C26H21NO4/c1-16(2)12-18-8-5-11-23-20(18)13-22-25(27-23)19-9-3-6-17-7-4-10-21(24(17)19)26(22,30-14-28)31-15-29/h3-11,13-16H,12H2,1-2H3. The Morgan fingerprint density at radius 1 is 0.935 bits per heavy atom. The van der Waals surface area contributed by atoms with Gasteiger partial charge in [0.25, 0.3) is 12.9 Å². The number of benzene rings is 3. The third kappa shape index (κ3) is 2.81. The van der Waals surface area contributed by atoms with Crippen LogP contribution in [0.2, 0.25) is 0 Å². The molecule has 0 fully saturated rings. The molecule has 0 radical (unpaired) electrons. The van der Waals surface area contributed by atoms with Gasteiger partial charge >= 0.3 is 5.79 Å². The zero-order valence-corrected chi connectivity index (χ0v) is 17.3. The number of fused-ring (bicyclic) bond motifs is 3. The first-order valence-corrected chi connectivity index (χ1v) is 10.3. The highest BCUT2D eigenvalue weighted by Gasteiger charge is 2.47. The number of hydrogen-bond acceptors (Lipinski definition) is 5. The van der Waals surface area contributed by atoms with Crippen molar-refractivity contribution in [3.05, 3.63) is 77.4 Å². The molecule has 1 heterocycles. The molecular formula is C26H21NO4. The smallest absolute Gasteiger partial charge is 0.312 e. The summed E-state index contributed by atoms with van der Waals surface area (Å²) in [6.07, 6.45) is 0.875. The minimum Gasteiger partial charge on any atom is -0.416 e. The molecule has 31 heavy (non-hydrogen) atoms. The van der Waals surface area contributed by atoms with E-state index in [1.165, 1.54) is 0 Å². The summed E-state index contributed by atoms with van der Waals surface area (Å²) in [6.45, 7) is 4.97. The SMILES string of the molecule is CC(C)Cc1cccc2nc3c(cc12)C(OC=O)(OC=O)c1cccc2cccc-3c12. The van der Waals surface area contributed by atoms with Crippen LogP contribution in [0.1, 0.15) is 30.5 Å². The van der Waals surface area contributed by atoms with E-state index < -0.39 is 5.79 Å². The lowest BCUT2D eigenvalue weighted by atomic mass is 9.81. The summed E-state index contributed by atoms with van der Waals surface area (Å²) in [7, 11) is 0. The second-order valence-corrected chi connectivity index (χ2v) is 8.22. The van der Waals surface area contributed by atoms with Crippen LogP contribution in [0.5, 0.6) is 0 Å². The molecule has 1 aromatic heterocycles. The largest absolute Gasteiger partial charge is 0.416 e. The fourth-order valence-electron chi connectivity index (χ4n) is 4.71. The lowest BCUT2D eigenvalue weighted by Crippen LogP contribution is -2.37. The van der Waals surface area contributed by atoms with E-state index in [0.717, 1.165) is 39.2 Å². The second kappa shape index (κ2) is 7.20. The predicted octanol–water partition coefficient (Wildman–Crippen LogP) is 5.11. The normalized spacial score (nSPS) is 13.8. The minimum atomic E-state index is -1.70. The van der Waals surface area contributed by atoms with Gasteiger partial charge in [0, 0.05) is 21.9 Å². The molecule has 0 amide bonds. The number of nitrogens with zero attached hydrogens (tertiary/aromatic N) is 1. The molecule has 0 saturated heterocycles. The molecule has 0 N–H and O–H groups in total. The zero-order valence-electron chi connectivity index (χ0n) is 17.3. The van der Waals surface area contributed by atoms with Crippen molar-refractivity contribution in [1.82, 2.24) is 4.98 Å². The maximum atomic E-state index is 11.6. The molecule has 0 aliphatic heterocycles. The number of pyridine rings is 1. The van der Waals surface area contributed by atoms with Gasteiger partial charge in [0.2, 0.25) is 0 Å². The summed E-state index contributed by atoms with van der Waals surface area (Å²) < 4.78 is 11.2. The molecule has 0 bridgehead atoms. The van der Waals surface area contributed by atoms with Gasteiger partial charge in [-0.1, -0.05) is 62.4 Å². The van der Waals surface area contributed by atoms with Crippen LogP contribution in [0.3, 0.4) is 0 Å². The van der Waals surface area contributed by atoms with Crippen LogP contribution in [0.25, 0.3) is 32.9 Å². The maximum Gasteiger partial charge on any atom is 0.312 e. The third-order valence-electron chi connectivity index (χ3n) is 5.87. The zero-order chi connectivity index (χ0) is 21.6. The molecule has 0 unspecified atom stereocenters. The van der Waals surface area contributed by atoms with Gasteiger partial charge in [0.05, 0.1) is 16.8 Å². The molecule has 154 valence electrons. The van der Waals surface area contributed by atoms with Gasteiger partial charge in [-0.05, 0) is 35.4 Å². The van der Waals surface area contributed by atoms with Crippen molar-refractivity contribution in [3.63, 3.8) is 0 Å². The number of carbonyl (C=O) groups is 2. The molecule has 0 saturated carbocycles. The molecule has 1 aliphatic rings. The summed E-state index contributed by atoms with van der Waals surface area (Å²) >= 11 is 0. The van der Waals surface area contributed by atoms with Crippen LogP contribution in [0.4, 0.5) is 0 Å². The van der Waals surface area contributed by atoms with Crippen molar-refractivity contribution in [2.45, 2.75) is 26.1 Å². The number of carbonyl (C=O) groups excluding carboxylic acids is 2. The Labute approximate surface area is 179 Å². The number of hydrogen-bond donors (Lipinski definition) is 0. The molecule has 0 spiro atoms. The first-order valence-electron chi connectivity index (χ1n) is 10.3. The molecule has 5 rings (SSSR count). The highest BCUT2D eigenvalue weighted by molar-refractivity contribution is 6.03. The molecular weight excluding hydrogens is 390 g/mol. The van der Waals surface area contributed by atoms with E-state index >= 15 is 0 Å². The highest BCUT2D eigenvalue weighted by Crippen LogP contribution is 2.49. The number of ether oxygens (including phenoxy) is 2. The van der Waals surface area contributed by atoms with E-state index in [2.05, 4.69) is 19.9 Å². The predicted molar refractivity (Wildman–Crippen MR) is 118 cm³/mol. The van der Waals surface area contributed by atoms with Crippen LogP contribution in [-0.2, 0) is 31.3 Å². The van der Waals surface area contributed by atoms with Gasteiger partial charge < -0.3 is 9.47 Å². The first kappa shape index (κ1) is 19.2. The first-order chi connectivity index (χ1) is 15.1. The van der Waals surface area contributed by atoms with Gasteiger partial charge in [-0.25, -0.2) is 4.98 Å². The van der Waals surface area contributed by atoms with Crippen molar-refractivity contribution in [3.8, 4) is 11.3 Å². The fourth-order valence-corrected chi connectivity index (χ4v) is 4.71. The summed E-state index contributed by atoms with van der Waals surface area (Å²) in [6, 6.07) is 19.6. The van der Waals surface area contributed by atoms with Crippen molar-refractivity contribution in [2.75, 3.05) is 0 Å². The molecule has 4 aromatic rings. The lowest BCUT2D eigenvalue weighted by molar-refractivity contribution is -0.199. The molecule has 3 aromatic carbocycles. The Morgan fingerprint density at radius 2 is 1.65 bits per heavy atom. The van der Waals surface area contributed by atoms with E-state index in [1.54, 1.807) is 0 Å². The van der Waals surface area contributed by atoms with Crippen molar-refractivity contribution >= 4 is 34.6 Å². The minimum absolute atomic E-state index is 0.324. The monoisotopic (exact) mass is 411 g/mol. The van der Waals surface area contributed by atoms with Crippen LogP contribution in [0, 0.1) is 5.92 Å². The van der Waals surface area contributed by atoms with Gasteiger partial charge in [-0.15, -0.1) is 0 Å². The molecule has 5 heteroatoms. The average Bonchev–Trinajstić information content (AvgIpc) is 2.76. The van der Waals surface area contributed by atoms with Gasteiger partial charge in [0.15, 0.2) is 0 Å². The molecule has 1 aliphatic carbocycles. The summed E-state index contributed by atoms with van der Waals surface area (Å²) in [5, 5.41) is 2.76. The van der Waals surface area contributed by atoms with Crippen molar-refractivity contribution < 1.29 is 19.1 Å². The van der Waals surface area contributed by atoms with Crippen LogP contribution in [0.15, 0.2) is 60.7 Å². The van der Waals surface area contributed by atoms with Crippen molar-refractivity contribution in [2.24, 2.45) is 5.92 Å². The summed E-state index contributed by atoms with van der Waals surface area (Å²) in [5.41, 5.74) is 4.70. The van der Waals surface area contributed by atoms with Gasteiger partial charge in [0.1, 0.15) is 0 Å². The number of rotatable bonds is 6. The van der Waals surface area contributed by atoms with E-state index in [1.807, 2.05) is 54.6 Å². The van der Waals surface area contributed by atoms with Crippen LogP contribution in [-0.4, -0.2) is 17.9 Å². The van der Waals surface area contributed by atoms with E-state index in [0.29, 0.717) is 35.7 Å². The van der Waals surface area contributed by atoms with Crippen LogP contribution >= 0.6 is 0 Å². The van der Waals surface area contributed by atoms with E-state index in [4.69, 9.17) is 14.5 Å². The van der Waals surface area contributed by atoms with E-state index in [-0.39, 0.29) is 0 Å². The topological polar surface area (TPSA) is 65.5 Å². The summed E-state index contributed by atoms with van der Waals surface area (Å²) in [5.74, 6) is -1.24. The Bertz CT molecular complexity index is 1330. The quantitative estimate of drug-likeness (QED) is 0.326. The Balaban J connectivity index is 1.94. The lowest BCUT2D eigenvalue weighted by Gasteiger charge is -2.36. The summed E-state index contributed by atoms with van der Waals surface area (Å²) in [4.78, 5) is 28.2. The highest BCUT2D eigenvalue weighted by atomic mass is 16.7. The van der Waals surface area contributed by atoms with Crippen LogP contribution < -0.4 is 0 Å². The Kier molecular flexibility index (Phi) is 4.47. The second-order valence-electron chi connectivity index (χ2n) is 8.22. The maximum absolute atomic E-state index is 11.6. The fraction of sp³-hybridized carbons (Fsp3) is 0.192. The third-order valence-corrected chi connectivity index (χ3v) is 5.87. The Hall–Kier alpha value is -3.73. The van der Waals surface area contributed by atoms with Crippen molar-refractivity contribution in [1.29, 1.82) is 0 Å². The molecule has 0 atom stereocenters. The molecule has 5 nitrogen and oxygen atoms in total. The van der Waals surface area contributed by atoms with Gasteiger partial charge in [-0.3, -0.25) is 9.59 Å². The van der Waals surface area contributed by atoms with Gasteiger partial charge in [-0.2, -0.15) is 0 Å². The Morgan fingerprint density at radius 3 is 2.35 bits per heavy atom. The average molecular weight is 411 g/mol. The number of aromatic nitrogens is 1.